The molecule has 0 fully saturated rings. The lowest BCUT2D eigenvalue weighted by Gasteiger charge is -2.06. The van der Waals surface area contributed by atoms with Crippen LogP contribution < -0.4 is 0 Å². The molecule has 0 aliphatic carbocycles. The quantitative estimate of drug-likeness (QED) is 0.395. The summed E-state index contributed by atoms with van der Waals surface area (Å²) in [7, 11) is 0. The molecular formula is C27H19N7O. The minimum Gasteiger partial charge on any atom is -0.506 e. The number of aromatic hydroxyl groups is 1. The van der Waals surface area contributed by atoms with E-state index in [0.717, 1.165) is 5.39 Å². The van der Waals surface area contributed by atoms with Crippen molar-refractivity contribution in [3.05, 3.63) is 110 Å². The smallest absolute Gasteiger partial charge is 0.182 e. The van der Waals surface area contributed by atoms with Crippen LogP contribution in [-0.2, 0) is 0 Å². The van der Waals surface area contributed by atoms with Gasteiger partial charge in [-0.05, 0) is 48.5 Å². The van der Waals surface area contributed by atoms with E-state index < -0.39 is 0 Å². The summed E-state index contributed by atoms with van der Waals surface area (Å²) in [4.78, 5) is 30.6. The minimum atomic E-state index is 0.239. The molecule has 1 N–H and O–H groups in total. The van der Waals surface area contributed by atoms with E-state index in [1.165, 1.54) is 0 Å². The second kappa shape index (κ2) is 10.2. The number of fused-ring (bicyclic) bond motifs is 1. The molecule has 5 aromatic heterocycles. The van der Waals surface area contributed by atoms with Crippen LogP contribution in [0.5, 0.6) is 5.75 Å². The van der Waals surface area contributed by atoms with E-state index >= 15 is 0 Å². The van der Waals surface area contributed by atoms with Crippen LogP contribution in [0.25, 0.3) is 45.5 Å². The molecule has 0 aliphatic rings. The van der Waals surface area contributed by atoms with Crippen LogP contribution in [0, 0.1) is 0 Å². The minimum absolute atomic E-state index is 0.239. The molecule has 0 spiro atoms. The van der Waals surface area contributed by atoms with Gasteiger partial charge in [0.2, 0.25) is 0 Å². The highest BCUT2D eigenvalue weighted by Gasteiger charge is 2.13. The molecule has 1 aromatic carbocycles. The fourth-order valence-electron chi connectivity index (χ4n) is 3.29. The van der Waals surface area contributed by atoms with Gasteiger partial charge in [-0.2, -0.15) is 0 Å². The van der Waals surface area contributed by atoms with E-state index in [-0.39, 0.29) is 5.75 Å². The number of phenolic OH excluding ortho intramolecular Hbond substituents is 1. The van der Waals surface area contributed by atoms with Gasteiger partial charge in [-0.25, -0.2) is 15.0 Å². The molecule has 6 rings (SSSR count). The third-order valence-electron chi connectivity index (χ3n) is 4.93. The Morgan fingerprint density at radius 2 is 0.886 bits per heavy atom. The molecule has 0 aliphatic heterocycles. The molecule has 0 unspecified atom stereocenters. The van der Waals surface area contributed by atoms with Crippen molar-refractivity contribution >= 4 is 10.9 Å². The lowest BCUT2D eigenvalue weighted by Crippen LogP contribution is -2.02. The molecule has 0 radical (unpaired) electrons. The van der Waals surface area contributed by atoms with Crippen molar-refractivity contribution in [2.45, 2.75) is 0 Å². The Morgan fingerprint density at radius 3 is 1.31 bits per heavy atom. The van der Waals surface area contributed by atoms with Gasteiger partial charge in [-0.1, -0.05) is 36.4 Å². The topological polar surface area (TPSA) is 110 Å². The van der Waals surface area contributed by atoms with Gasteiger partial charge in [0.25, 0.3) is 0 Å². The number of nitrogens with zero attached hydrogens (tertiary/aromatic N) is 7. The largest absolute Gasteiger partial charge is 0.506 e. The van der Waals surface area contributed by atoms with Gasteiger partial charge in [0.1, 0.15) is 28.3 Å². The van der Waals surface area contributed by atoms with Crippen molar-refractivity contribution in [1.82, 2.24) is 34.9 Å². The van der Waals surface area contributed by atoms with Gasteiger partial charge in [0, 0.05) is 30.2 Å². The first-order valence-corrected chi connectivity index (χ1v) is 10.8. The molecule has 8 heteroatoms. The highest BCUT2D eigenvalue weighted by atomic mass is 16.3. The number of para-hydroxylation sites is 1. The zero-order chi connectivity index (χ0) is 23.9. The average molecular weight is 457 g/mol. The van der Waals surface area contributed by atoms with E-state index in [4.69, 9.17) is 0 Å². The second-order valence-electron chi connectivity index (χ2n) is 7.30. The van der Waals surface area contributed by atoms with Crippen molar-refractivity contribution in [2.24, 2.45) is 0 Å². The van der Waals surface area contributed by atoms with E-state index in [1.807, 2.05) is 72.8 Å². The Hall–Kier alpha value is -5.11. The number of rotatable bonds is 3. The van der Waals surface area contributed by atoms with Crippen LogP contribution in [0.4, 0.5) is 0 Å². The van der Waals surface area contributed by atoms with Gasteiger partial charge < -0.3 is 5.11 Å². The van der Waals surface area contributed by atoms with Crippen LogP contribution >= 0.6 is 0 Å². The zero-order valence-corrected chi connectivity index (χ0v) is 18.5. The standard InChI is InChI=1S/C18H12N6.C9H7NO/c1-4-10-19-13(7-1)16-22-17(14-8-2-5-11-20-14)24-18(23-16)15-9-3-6-12-21-15;11-8-5-1-3-7-4-2-6-10-9(7)8/h1-12H;1-6,11H. The predicted molar refractivity (Wildman–Crippen MR) is 133 cm³/mol. The summed E-state index contributed by atoms with van der Waals surface area (Å²) in [5, 5.41) is 10.3. The first kappa shape index (κ1) is 21.7. The van der Waals surface area contributed by atoms with Crippen molar-refractivity contribution < 1.29 is 5.11 Å². The van der Waals surface area contributed by atoms with Gasteiger partial charge in [0.15, 0.2) is 17.5 Å². The third-order valence-corrected chi connectivity index (χ3v) is 4.93. The second-order valence-corrected chi connectivity index (χ2v) is 7.30. The summed E-state index contributed by atoms with van der Waals surface area (Å²) >= 11 is 0. The fraction of sp³-hybridized carbons (Fsp3) is 0. The van der Waals surface area contributed by atoms with E-state index in [9.17, 15) is 5.11 Å². The molecule has 168 valence electrons. The maximum Gasteiger partial charge on any atom is 0.182 e. The molecule has 5 heterocycles. The monoisotopic (exact) mass is 457 g/mol. The molecule has 6 aromatic rings. The normalized spacial score (nSPS) is 10.4. The van der Waals surface area contributed by atoms with Crippen molar-refractivity contribution in [3.63, 3.8) is 0 Å². The summed E-state index contributed by atoms with van der Waals surface area (Å²) in [5.74, 6) is 1.72. The molecule has 35 heavy (non-hydrogen) atoms. The average Bonchev–Trinajstić information content (AvgIpc) is 2.95. The first-order valence-electron chi connectivity index (χ1n) is 10.8. The Morgan fingerprint density at radius 1 is 0.429 bits per heavy atom. The van der Waals surface area contributed by atoms with E-state index in [1.54, 1.807) is 36.9 Å². The Bertz CT molecular complexity index is 1400. The Balaban J connectivity index is 0.000000192. The SMILES string of the molecule is Oc1cccc2cccnc12.c1ccc(-c2nc(-c3ccccn3)nc(-c3ccccn3)n2)nc1. The predicted octanol–water partition coefficient (Wildman–Crippen LogP) is 5.00. The van der Waals surface area contributed by atoms with Crippen molar-refractivity contribution in [2.75, 3.05) is 0 Å². The fourth-order valence-corrected chi connectivity index (χ4v) is 3.29. The molecule has 0 amide bonds. The number of hydrogen-bond donors (Lipinski definition) is 1. The van der Waals surface area contributed by atoms with Gasteiger partial charge in [0.05, 0.1) is 0 Å². The van der Waals surface area contributed by atoms with Crippen LogP contribution in [0.1, 0.15) is 0 Å². The first-order chi connectivity index (χ1) is 17.3. The van der Waals surface area contributed by atoms with Gasteiger partial charge in [-0.3, -0.25) is 19.9 Å². The van der Waals surface area contributed by atoms with Crippen LogP contribution in [0.15, 0.2) is 110 Å². The Kier molecular flexibility index (Phi) is 6.34. The maximum atomic E-state index is 9.31. The summed E-state index contributed by atoms with van der Waals surface area (Å²) in [6.07, 6.45) is 6.79. The molecule has 0 saturated carbocycles. The van der Waals surface area contributed by atoms with Crippen LogP contribution in [0.3, 0.4) is 0 Å². The molecule has 0 bridgehead atoms. The summed E-state index contributed by atoms with van der Waals surface area (Å²) in [6, 6.07) is 25.9. The van der Waals surface area contributed by atoms with Gasteiger partial charge >= 0.3 is 0 Å². The number of benzene rings is 1. The van der Waals surface area contributed by atoms with E-state index in [2.05, 4.69) is 34.9 Å². The van der Waals surface area contributed by atoms with Crippen LogP contribution in [0.2, 0.25) is 0 Å². The third kappa shape index (κ3) is 5.12. The highest BCUT2D eigenvalue weighted by Crippen LogP contribution is 2.22. The highest BCUT2D eigenvalue weighted by molar-refractivity contribution is 5.83. The maximum absolute atomic E-state index is 9.31. The van der Waals surface area contributed by atoms with Crippen molar-refractivity contribution in [3.8, 4) is 40.3 Å². The van der Waals surface area contributed by atoms with E-state index in [0.29, 0.717) is 40.1 Å². The zero-order valence-electron chi connectivity index (χ0n) is 18.5. The van der Waals surface area contributed by atoms with Crippen molar-refractivity contribution in [1.29, 1.82) is 0 Å². The number of phenols is 1. The summed E-state index contributed by atoms with van der Waals surface area (Å²) < 4.78 is 0. The Labute approximate surface area is 201 Å². The lowest BCUT2D eigenvalue weighted by molar-refractivity contribution is 0.480. The molecule has 0 saturated heterocycles. The number of pyridine rings is 4. The summed E-state index contributed by atoms with van der Waals surface area (Å²) in [6.45, 7) is 0. The lowest BCUT2D eigenvalue weighted by atomic mass is 10.2. The molecular weight excluding hydrogens is 438 g/mol. The summed E-state index contributed by atoms with van der Waals surface area (Å²) in [5.41, 5.74) is 2.69. The molecule has 8 nitrogen and oxygen atoms in total. The van der Waals surface area contributed by atoms with Gasteiger partial charge in [-0.15, -0.1) is 0 Å². The molecule has 0 atom stereocenters. The van der Waals surface area contributed by atoms with Crippen LogP contribution in [-0.4, -0.2) is 40.0 Å². The number of hydrogen-bond acceptors (Lipinski definition) is 8. The number of aromatic nitrogens is 7.